The van der Waals surface area contributed by atoms with Gasteiger partial charge in [0.25, 0.3) is 11.8 Å². The Morgan fingerprint density at radius 1 is 1.21 bits per heavy atom. The van der Waals surface area contributed by atoms with Gasteiger partial charge in [-0.15, -0.1) is 0 Å². The normalized spacial score (nSPS) is 16.7. The average Bonchev–Trinajstić information content (AvgIpc) is 3.01. The zero-order valence-corrected chi connectivity index (χ0v) is 14.3. The van der Waals surface area contributed by atoms with Gasteiger partial charge in [0, 0.05) is 11.4 Å². The number of carbonyl (C=O) groups excluding carboxylic acids is 2. The summed E-state index contributed by atoms with van der Waals surface area (Å²) < 4.78 is 5.54. The van der Waals surface area contributed by atoms with E-state index in [9.17, 15) is 9.59 Å². The predicted molar refractivity (Wildman–Crippen MR) is 95.7 cm³/mol. The maximum absolute atomic E-state index is 12.7. The fourth-order valence-electron chi connectivity index (χ4n) is 2.29. The van der Waals surface area contributed by atoms with Crippen LogP contribution in [0.3, 0.4) is 0 Å². The third kappa shape index (κ3) is 3.11. The molecule has 0 atom stereocenters. The van der Waals surface area contributed by atoms with Crippen LogP contribution < -0.4 is 10.2 Å². The SMILES string of the molecule is CCc1ccc(C=C2C(=O)NC(=S)N(c3ccc(Cl)cc3)C2=O)o1. The van der Waals surface area contributed by atoms with Crippen molar-refractivity contribution in [2.24, 2.45) is 0 Å². The Morgan fingerprint density at radius 2 is 1.92 bits per heavy atom. The molecule has 24 heavy (non-hydrogen) atoms. The summed E-state index contributed by atoms with van der Waals surface area (Å²) in [6.07, 6.45) is 2.14. The molecule has 0 unspecified atom stereocenters. The lowest BCUT2D eigenvalue weighted by atomic mass is 10.1. The summed E-state index contributed by atoms with van der Waals surface area (Å²) in [4.78, 5) is 26.1. The van der Waals surface area contributed by atoms with Crippen molar-refractivity contribution in [3.8, 4) is 0 Å². The van der Waals surface area contributed by atoms with E-state index in [1.807, 2.05) is 6.92 Å². The van der Waals surface area contributed by atoms with Crippen LogP contribution in [0.1, 0.15) is 18.4 Å². The molecule has 2 amide bonds. The highest BCUT2D eigenvalue weighted by Gasteiger charge is 2.34. The van der Waals surface area contributed by atoms with Crippen molar-refractivity contribution in [3.05, 3.63) is 58.5 Å². The Morgan fingerprint density at radius 3 is 2.54 bits per heavy atom. The molecule has 1 aromatic carbocycles. The number of hydrogen-bond acceptors (Lipinski definition) is 4. The van der Waals surface area contributed by atoms with E-state index in [0.717, 1.165) is 12.2 Å². The maximum Gasteiger partial charge on any atom is 0.270 e. The summed E-state index contributed by atoms with van der Waals surface area (Å²) in [5.74, 6) is 0.148. The number of furan rings is 1. The van der Waals surface area contributed by atoms with Crippen LogP contribution in [0, 0.1) is 0 Å². The third-order valence-corrected chi connectivity index (χ3v) is 4.04. The van der Waals surface area contributed by atoms with Crippen molar-refractivity contribution >= 4 is 52.5 Å². The number of nitrogens with one attached hydrogen (secondary N) is 1. The van der Waals surface area contributed by atoms with E-state index in [2.05, 4.69) is 5.32 Å². The van der Waals surface area contributed by atoms with Gasteiger partial charge in [0.1, 0.15) is 17.1 Å². The number of amides is 2. The molecule has 5 nitrogen and oxygen atoms in total. The summed E-state index contributed by atoms with van der Waals surface area (Å²) >= 11 is 11.0. The Balaban J connectivity index is 1.98. The number of hydrogen-bond donors (Lipinski definition) is 1. The average molecular weight is 361 g/mol. The molecule has 0 spiro atoms. The number of halogens is 1. The lowest BCUT2D eigenvalue weighted by Gasteiger charge is -2.28. The van der Waals surface area contributed by atoms with Crippen LogP contribution >= 0.6 is 23.8 Å². The highest BCUT2D eigenvalue weighted by molar-refractivity contribution is 7.80. The third-order valence-electron chi connectivity index (χ3n) is 3.50. The fourth-order valence-corrected chi connectivity index (χ4v) is 2.69. The lowest BCUT2D eigenvalue weighted by molar-refractivity contribution is -0.122. The van der Waals surface area contributed by atoms with Crippen LogP contribution in [0.15, 0.2) is 46.4 Å². The molecular weight excluding hydrogens is 348 g/mol. The van der Waals surface area contributed by atoms with Crippen molar-refractivity contribution in [1.82, 2.24) is 5.32 Å². The first kappa shape index (κ1) is 16.4. The monoisotopic (exact) mass is 360 g/mol. The number of carbonyl (C=O) groups is 2. The van der Waals surface area contributed by atoms with Gasteiger partial charge in [0.15, 0.2) is 5.11 Å². The topological polar surface area (TPSA) is 62.6 Å². The molecule has 7 heteroatoms. The largest absolute Gasteiger partial charge is 0.462 e. The molecule has 0 radical (unpaired) electrons. The standard InChI is InChI=1S/C17H13ClN2O3S/c1-2-12-7-8-13(23-12)9-14-15(21)19-17(24)20(16(14)22)11-5-3-10(18)4-6-11/h3-9H,2H2,1H3,(H,19,21,24). The molecular formula is C17H13ClN2O3S. The zero-order chi connectivity index (χ0) is 17.3. The van der Waals surface area contributed by atoms with Crippen molar-refractivity contribution in [1.29, 1.82) is 0 Å². The minimum atomic E-state index is -0.551. The smallest absolute Gasteiger partial charge is 0.270 e. The number of benzene rings is 1. The Labute approximate surface area is 148 Å². The minimum Gasteiger partial charge on any atom is -0.462 e. The number of anilines is 1. The second-order valence-corrected chi connectivity index (χ2v) is 5.92. The van der Waals surface area contributed by atoms with Gasteiger partial charge in [-0.25, -0.2) is 0 Å². The number of aryl methyl sites for hydroxylation is 1. The second-order valence-electron chi connectivity index (χ2n) is 5.09. The Hall–Kier alpha value is -2.44. The van der Waals surface area contributed by atoms with Gasteiger partial charge in [-0.05, 0) is 54.7 Å². The summed E-state index contributed by atoms with van der Waals surface area (Å²) in [6.45, 7) is 1.95. The van der Waals surface area contributed by atoms with E-state index in [-0.39, 0.29) is 10.7 Å². The van der Waals surface area contributed by atoms with Crippen LogP contribution in [0.4, 0.5) is 5.69 Å². The molecule has 1 aromatic heterocycles. The van der Waals surface area contributed by atoms with E-state index in [1.54, 1.807) is 36.4 Å². The van der Waals surface area contributed by atoms with Crippen molar-refractivity contribution in [2.75, 3.05) is 4.90 Å². The molecule has 1 aliphatic rings. The molecule has 0 bridgehead atoms. The Bertz CT molecular complexity index is 855. The van der Waals surface area contributed by atoms with Gasteiger partial charge in [0.2, 0.25) is 0 Å². The summed E-state index contributed by atoms with van der Waals surface area (Å²) in [7, 11) is 0. The lowest BCUT2D eigenvalue weighted by Crippen LogP contribution is -2.54. The molecule has 0 saturated carbocycles. The number of rotatable bonds is 3. The second kappa shape index (κ2) is 6.59. The van der Waals surface area contributed by atoms with Crippen LogP contribution in [0.5, 0.6) is 0 Å². The first-order valence-electron chi connectivity index (χ1n) is 7.25. The molecule has 122 valence electrons. The molecule has 2 heterocycles. The van der Waals surface area contributed by atoms with Gasteiger partial charge >= 0.3 is 0 Å². The molecule has 2 aromatic rings. The van der Waals surface area contributed by atoms with Gasteiger partial charge in [-0.2, -0.15) is 0 Å². The highest BCUT2D eigenvalue weighted by Crippen LogP contribution is 2.24. The van der Waals surface area contributed by atoms with Crippen molar-refractivity contribution in [2.45, 2.75) is 13.3 Å². The molecule has 1 saturated heterocycles. The molecule has 3 rings (SSSR count). The van der Waals surface area contributed by atoms with Crippen LogP contribution in [0.25, 0.3) is 6.08 Å². The molecule has 1 aliphatic heterocycles. The highest BCUT2D eigenvalue weighted by atomic mass is 35.5. The van der Waals surface area contributed by atoms with E-state index in [1.165, 1.54) is 11.0 Å². The Kier molecular flexibility index (Phi) is 4.51. The first-order chi connectivity index (χ1) is 11.5. The number of nitrogens with zero attached hydrogens (tertiary/aromatic N) is 1. The quantitative estimate of drug-likeness (QED) is 0.518. The number of thiocarbonyl (C=S) groups is 1. The van der Waals surface area contributed by atoms with E-state index < -0.39 is 11.8 Å². The van der Waals surface area contributed by atoms with E-state index in [0.29, 0.717) is 16.5 Å². The van der Waals surface area contributed by atoms with Crippen LogP contribution in [0.2, 0.25) is 5.02 Å². The summed E-state index contributed by atoms with van der Waals surface area (Å²) in [6, 6.07) is 10.1. The minimum absolute atomic E-state index is 0.0261. The maximum atomic E-state index is 12.7. The van der Waals surface area contributed by atoms with Gasteiger partial charge in [-0.1, -0.05) is 18.5 Å². The van der Waals surface area contributed by atoms with Gasteiger partial charge in [0.05, 0.1) is 5.69 Å². The van der Waals surface area contributed by atoms with Crippen molar-refractivity contribution < 1.29 is 14.0 Å². The zero-order valence-electron chi connectivity index (χ0n) is 12.7. The predicted octanol–water partition coefficient (Wildman–Crippen LogP) is 3.33. The summed E-state index contributed by atoms with van der Waals surface area (Å²) in [5.41, 5.74) is 0.476. The van der Waals surface area contributed by atoms with E-state index >= 15 is 0 Å². The van der Waals surface area contributed by atoms with Crippen LogP contribution in [-0.4, -0.2) is 16.9 Å². The fraction of sp³-hybridized carbons (Fsp3) is 0.118. The van der Waals surface area contributed by atoms with Gasteiger partial charge < -0.3 is 4.42 Å². The molecule has 1 N–H and O–H groups in total. The van der Waals surface area contributed by atoms with Crippen LogP contribution in [-0.2, 0) is 16.0 Å². The first-order valence-corrected chi connectivity index (χ1v) is 8.04. The van der Waals surface area contributed by atoms with Gasteiger partial charge in [-0.3, -0.25) is 19.8 Å². The molecule has 1 fully saturated rings. The summed E-state index contributed by atoms with van der Waals surface area (Å²) in [5, 5.41) is 3.08. The van der Waals surface area contributed by atoms with Crippen molar-refractivity contribution in [3.63, 3.8) is 0 Å². The molecule has 0 aliphatic carbocycles. The van der Waals surface area contributed by atoms with E-state index in [4.69, 9.17) is 28.2 Å².